The number of benzene rings is 1. The zero-order valence-electron chi connectivity index (χ0n) is 14.3. The molecule has 0 bridgehead atoms. The molecule has 1 aromatic carbocycles. The Kier molecular flexibility index (Phi) is 4.81. The highest BCUT2D eigenvalue weighted by Crippen LogP contribution is 2.24. The molecule has 25 heavy (non-hydrogen) atoms. The van der Waals surface area contributed by atoms with Crippen molar-refractivity contribution < 1.29 is 14.3 Å². The molecule has 0 amide bonds. The summed E-state index contributed by atoms with van der Waals surface area (Å²) in [5.41, 5.74) is 3.78. The standard InChI is InChI=1S/C19H18N2O3S/c1-12-4-6-14(7-5-12)18-20-16(11-25-18)10-24-19(23)17-8-15(13(2)22)9-21(17)3/h4-9,11H,10H2,1-3H3. The van der Waals surface area contributed by atoms with Gasteiger partial charge < -0.3 is 9.30 Å². The first-order valence-corrected chi connectivity index (χ1v) is 8.68. The van der Waals surface area contributed by atoms with Crippen molar-refractivity contribution in [3.63, 3.8) is 0 Å². The average Bonchev–Trinajstić information content (AvgIpc) is 3.20. The maximum Gasteiger partial charge on any atom is 0.355 e. The number of Topliss-reactive ketones (excluding diaryl/α,β-unsaturated/α-hetero) is 1. The predicted molar refractivity (Wildman–Crippen MR) is 96.8 cm³/mol. The summed E-state index contributed by atoms with van der Waals surface area (Å²) >= 11 is 1.51. The molecule has 0 saturated carbocycles. The molecule has 0 saturated heterocycles. The van der Waals surface area contributed by atoms with Crippen molar-refractivity contribution in [2.24, 2.45) is 7.05 Å². The van der Waals surface area contributed by atoms with Gasteiger partial charge in [0.1, 0.15) is 17.3 Å². The van der Waals surface area contributed by atoms with Crippen LogP contribution in [0.4, 0.5) is 0 Å². The van der Waals surface area contributed by atoms with Gasteiger partial charge in [0, 0.05) is 29.8 Å². The number of ether oxygens (including phenoxy) is 1. The number of thiazole rings is 1. The van der Waals surface area contributed by atoms with Crippen LogP contribution in [-0.4, -0.2) is 21.3 Å². The maximum absolute atomic E-state index is 12.2. The number of ketones is 1. The summed E-state index contributed by atoms with van der Waals surface area (Å²) in [6.45, 7) is 3.60. The second-order valence-electron chi connectivity index (χ2n) is 5.87. The summed E-state index contributed by atoms with van der Waals surface area (Å²) in [4.78, 5) is 28.1. The molecule has 2 aromatic heterocycles. The van der Waals surface area contributed by atoms with Crippen molar-refractivity contribution in [3.8, 4) is 10.6 Å². The van der Waals surface area contributed by atoms with Gasteiger partial charge in [0.05, 0.1) is 5.69 Å². The van der Waals surface area contributed by atoms with Crippen LogP contribution in [0, 0.1) is 6.92 Å². The number of aryl methyl sites for hydroxylation is 2. The first-order valence-electron chi connectivity index (χ1n) is 7.80. The summed E-state index contributed by atoms with van der Waals surface area (Å²) in [6, 6.07) is 9.68. The first-order chi connectivity index (χ1) is 11.9. The highest BCUT2D eigenvalue weighted by atomic mass is 32.1. The van der Waals surface area contributed by atoms with Gasteiger partial charge in [-0.3, -0.25) is 4.79 Å². The average molecular weight is 354 g/mol. The second-order valence-corrected chi connectivity index (χ2v) is 6.73. The van der Waals surface area contributed by atoms with E-state index in [0.29, 0.717) is 17.0 Å². The van der Waals surface area contributed by atoms with E-state index in [1.165, 1.54) is 23.8 Å². The number of rotatable bonds is 5. The quantitative estimate of drug-likeness (QED) is 0.513. The highest BCUT2D eigenvalue weighted by molar-refractivity contribution is 7.13. The molecule has 0 N–H and O–H groups in total. The number of esters is 1. The number of hydrogen-bond acceptors (Lipinski definition) is 5. The molecular formula is C19H18N2O3S. The Morgan fingerprint density at radius 3 is 2.60 bits per heavy atom. The van der Waals surface area contributed by atoms with Crippen LogP contribution < -0.4 is 0 Å². The number of nitrogens with zero attached hydrogens (tertiary/aromatic N) is 2. The maximum atomic E-state index is 12.2. The lowest BCUT2D eigenvalue weighted by Gasteiger charge is -2.03. The van der Waals surface area contributed by atoms with Gasteiger partial charge in [-0.2, -0.15) is 0 Å². The third-order valence-corrected chi connectivity index (χ3v) is 4.76. The lowest BCUT2D eigenvalue weighted by Crippen LogP contribution is -2.09. The molecule has 0 aliphatic rings. The normalized spacial score (nSPS) is 10.7. The molecule has 128 valence electrons. The Labute approximate surface area is 149 Å². The van der Waals surface area contributed by atoms with Gasteiger partial charge in [0.25, 0.3) is 0 Å². The molecule has 6 heteroatoms. The van der Waals surface area contributed by atoms with Crippen LogP contribution in [-0.2, 0) is 18.4 Å². The lowest BCUT2D eigenvalue weighted by atomic mass is 10.2. The molecule has 0 aliphatic heterocycles. The third kappa shape index (κ3) is 3.85. The van der Waals surface area contributed by atoms with Gasteiger partial charge in [-0.1, -0.05) is 29.8 Å². The molecule has 0 spiro atoms. The number of aromatic nitrogens is 2. The van der Waals surface area contributed by atoms with Gasteiger partial charge in [-0.05, 0) is 19.9 Å². The fraction of sp³-hybridized carbons (Fsp3) is 0.211. The van der Waals surface area contributed by atoms with E-state index in [1.807, 2.05) is 36.6 Å². The summed E-state index contributed by atoms with van der Waals surface area (Å²) in [7, 11) is 1.71. The predicted octanol–water partition coefficient (Wildman–Crippen LogP) is 4.02. The molecule has 3 rings (SSSR count). The fourth-order valence-electron chi connectivity index (χ4n) is 2.38. The smallest absolute Gasteiger partial charge is 0.355 e. The van der Waals surface area contributed by atoms with Crippen LogP contribution in [0.25, 0.3) is 10.6 Å². The summed E-state index contributed by atoms with van der Waals surface area (Å²) in [5, 5.41) is 2.78. The number of carbonyl (C=O) groups is 2. The molecule has 0 aliphatic carbocycles. The van der Waals surface area contributed by atoms with Gasteiger partial charge in [0.2, 0.25) is 0 Å². The molecular weight excluding hydrogens is 336 g/mol. The van der Waals surface area contributed by atoms with Gasteiger partial charge in [0.15, 0.2) is 5.78 Å². The SMILES string of the molecule is CC(=O)c1cc(C(=O)OCc2csc(-c3ccc(C)cc3)n2)n(C)c1. The third-order valence-electron chi connectivity index (χ3n) is 3.82. The molecule has 0 atom stereocenters. The number of hydrogen-bond donors (Lipinski definition) is 0. The Balaban J connectivity index is 1.67. The molecule has 3 aromatic rings. The van der Waals surface area contributed by atoms with Gasteiger partial charge in [-0.25, -0.2) is 9.78 Å². The molecule has 0 fully saturated rings. The number of carbonyl (C=O) groups excluding carboxylic acids is 2. The first kappa shape index (κ1) is 17.1. The van der Waals surface area contributed by atoms with Crippen LogP contribution in [0.15, 0.2) is 41.9 Å². The van der Waals surface area contributed by atoms with E-state index in [-0.39, 0.29) is 12.4 Å². The van der Waals surface area contributed by atoms with Crippen molar-refractivity contribution in [1.82, 2.24) is 9.55 Å². The van der Waals surface area contributed by atoms with Crippen LogP contribution in [0.5, 0.6) is 0 Å². The minimum absolute atomic E-state index is 0.0862. The van der Waals surface area contributed by atoms with E-state index in [0.717, 1.165) is 10.6 Å². The zero-order chi connectivity index (χ0) is 18.0. The van der Waals surface area contributed by atoms with Crippen LogP contribution >= 0.6 is 11.3 Å². The Bertz CT molecular complexity index is 923. The molecule has 2 heterocycles. The Morgan fingerprint density at radius 2 is 1.96 bits per heavy atom. The molecule has 5 nitrogen and oxygen atoms in total. The van der Waals surface area contributed by atoms with E-state index in [4.69, 9.17) is 4.74 Å². The van der Waals surface area contributed by atoms with Crippen LogP contribution in [0.1, 0.15) is 39.0 Å². The monoisotopic (exact) mass is 354 g/mol. The molecule has 0 unspecified atom stereocenters. The highest BCUT2D eigenvalue weighted by Gasteiger charge is 2.16. The largest absolute Gasteiger partial charge is 0.454 e. The van der Waals surface area contributed by atoms with Crippen LogP contribution in [0.2, 0.25) is 0 Å². The zero-order valence-corrected chi connectivity index (χ0v) is 15.1. The van der Waals surface area contributed by atoms with Crippen molar-refractivity contribution in [1.29, 1.82) is 0 Å². The summed E-state index contributed by atoms with van der Waals surface area (Å²) < 4.78 is 6.92. The summed E-state index contributed by atoms with van der Waals surface area (Å²) in [6.07, 6.45) is 1.62. The fourth-order valence-corrected chi connectivity index (χ4v) is 3.19. The van der Waals surface area contributed by atoms with E-state index in [1.54, 1.807) is 23.9 Å². The second kappa shape index (κ2) is 7.03. The summed E-state index contributed by atoms with van der Waals surface area (Å²) in [5.74, 6) is -0.559. The Morgan fingerprint density at radius 1 is 1.24 bits per heavy atom. The minimum atomic E-state index is -0.472. The molecule has 0 radical (unpaired) electrons. The Hall–Kier alpha value is -2.73. The lowest BCUT2D eigenvalue weighted by molar-refractivity contribution is 0.0457. The van der Waals surface area contributed by atoms with Crippen molar-refractivity contribution in [2.75, 3.05) is 0 Å². The van der Waals surface area contributed by atoms with Crippen molar-refractivity contribution >= 4 is 23.1 Å². The minimum Gasteiger partial charge on any atom is -0.454 e. The topological polar surface area (TPSA) is 61.2 Å². The van der Waals surface area contributed by atoms with E-state index in [9.17, 15) is 9.59 Å². The van der Waals surface area contributed by atoms with Crippen molar-refractivity contribution in [3.05, 3.63) is 64.4 Å². The van der Waals surface area contributed by atoms with E-state index in [2.05, 4.69) is 4.98 Å². The van der Waals surface area contributed by atoms with Gasteiger partial charge >= 0.3 is 5.97 Å². The van der Waals surface area contributed by atoms with E-state index < -0.39 is 5.97 Å². The van der Waals surface area contributed by atoms with Crippen LogP contribution in [0.3, 0.4) is 0 Å². The van der Waals surface area contributed by atoms with Crippen molar-refractivity contribution in [2.45, 2.75) is 20.5 Å². The van der Waals surface area contributed by atoms with Gasteiger partial charge in [-0.15, -0.1) is 11.3 Å². The van der Waals surface area contributed by atoms with E-state index >= 15 is 0 Å².